The number of anilines is 2. The Balaban J connectivity index is 1.39. The second kappa shape index (κ2) is 8.49. The molecule has 0 radical (unpaired) electrons. The van der Waals surface area contributed by atoms with Crippen molar-refractivity contribution >= 4 is 34.5 Å². The van der Waals surface area contributed by atoms with E-state index in [0.717, 1.165) is 5.56 Å². The lowest BCUT2D eigenvalue weighted by atomic mass is 10.1. The molecule has 0 spiro atoms. The Morgan fingerprint density at radius 1 is 0.931 bits per heavy atom. The number of nitrogens with one attached hydrogen (secondary N) is 2. The molecule has 0 aliphatic rings. The van der Waals surface area contributed by atoms with Gasteiger partial charge in [-0.25, -0.2) is 9.67 Å². The Morgan fingerprint density at radius 2 is 1.69 bits per heavy atom. The number of rotatable bonds is 6. The fraction of sp³-hybridized carbons (Fsp3) is 0.0476. The molecule has 4 aromatic rings. The molecule has 0 unspecified atom stereocenters. The van der Waals surface area contributed by atoms with Gasteiger partial charge >= 0.3 is 0 Å². The van der Waals surface area contributed by atoms with Gasteiger partial charge in [0.15, 0.2) is 0 Å². The summed E-state index contributed by atoms with van der Waals surface area (Å²) in [5, 5.41) is 11.6. The zero-order valence-electron chi connectivity index (χ0n) is 15.3. The van der Waals surface area contributed by atoms with E-state index in [2.05, 4.69) is 20.7 Å². The van der Waals surface area contributed by atoms with E-state index in [1.165, 1.54) is 17.7 Å². The first-order valence-corrected chi connectivity index (χ1v) is 9.73. The lowest BCUT2D eigenvalue weighted by Gasteiger charge is -2.09. The van der Waals surface area contributed by atoms with Gasteiger partial charge in [0, 0.05) is 16.9 Å². The van der Waals surface area contributed by atoms with Gasteiger partial charge in [-0.15, -0.1) is 11.3 Å². The van der Waals surface area contributed by atoms with Crippen LogP contribution in [0.4, 0.5) is 11.4 Å². The molecule has 0 atom stereocenters. The molecule has 0 saturated heterocycles. The summed E-state index contributed by atoms with van der Waals surface area (Å²) in [5.74, 6) is -0.398. The molecule has 0 aliphatic carbocycles. The van der Waals surface area contributed by atoms with Gasteiger partial charge in [-0.3, -0.25) is 9.59 Å². The van der Waals surface area contributed by atoms with Crippen LogP contribution in [0, 0.1) is 0 Å². The SMILES string of the molecule is O=C(Nc1cccc(NC(=O)c2cccs2)c1)c1ccc(Cn2cncn2)cc1. The first-order valence-electron chi connectivity index (χ1n) is 8.85. The summed E-state index contributed by atoms with van der Waals surface area (Å²) in [7, 11) is 0. The molecule has 2 heterocycles. The van der Waals surface area contributed by atoms with Crippen LogP contribution in [0.5, 0.6) is 0 Å². The van der Waals surface area contributed by atoms with Crippen LogP contribution in [0.3, 0.4) is 0 Å². The number of hydrogen-bond acceptors (Lipinski definition) is 5. The fourth-order valence-corrected chi connectivity index (χ4v) is 3.36. The second-order valence-electron chi connectivity index (χ2n) is 6.26. The van der Waals surface area contributed by atoms with Crippen molar-refractivity contribution in [2.45, 2.75) is 6.54 Å². The van der Waals surface area contributed by atoms with Gasteiger partial charge in [-0.1, -0.05) is 24.3 Å². The molecule has 2 aromatic heterocycles. The van der Waals surface area contributed by atoms with Gasteiger partial charge in [-0.05, 0) is 47.3 Å². The topological polar surface area (TPSA) is 88.9 Å². The van der Waals surface area contributed by atoms with Crippen molar-refractivity contribution in [2.24, 2.45) is 0 Å². The molecule has 7 nitrogen and oxygen atoms in total. The van der Waals surface area contributed by atoms with Gasteiger partial charge in [-0.2, -0.15) is 5.10 Å². The Morgan fingerprint density at radius 3 is 2.34 bits per heavy atom. The zero-order valence-corrected chi connectivity index (χ0v) is 16.1. The third-order valence-corrected chi connectivity index (χ3v) is 5.02. The molecule has 8 heteroatoms. The zero-order chi connectivity index (χ0) is 20.1. The van der Waals surface area contributed by atoms with Crippen LogP contribution in [-0.4, -0.2) is 26.6 Å². The summed E-state index contributed by atoms with van der Waals surface area (Å²) >= 11 is 1.37. The minimum Gasteiger partial charge on any atom is -0.322 e. The van der Waals surface area contributed by atoms with Crippen LogP contribution in [0.2, 0.25) is 0 Å². The van der Waals surface area contributed by atoms with Crippen LogP contribution in [0.25, 0.3) is 0 Å². The summed E-state index contributed by atoms with van der Waals surface area (Å²) in [4.78, 5) is 29.3. The molecule has 0 aliphatic heterocycles. The van der Waals surface area contributed by atoms with Crippen molar-refractivity contribution in [2.75, 3.05) is 10.6 Å². The number of carbonyl (C=O) groups excluding carboxylic acids is 2. The predicted octanol–water partition coefficient (Wildman–Crippen LogP) is 3.89. The standard InChI is InChI=1S/C21H17N5O2S/c27-20(16-8-6-15(7-9-16)12-26-14-22-13-23-26)24-17-3-1-4-18(11-17)25-21(28)19-5-2-10-29-19/h1-11,13-14H,12H2,(H,24,27)(H,25,28). The van der Waals surface area contributed by atoms with Crippen molar-refractivity contribution in [3.8, 4) is 0 Å². The van der Waals surface area contributed by atoms with E-state index in [1.54, 1.807) is 53.5 Å². The molecule has 4 rings (SSSR count). The molecule has 2 amide bonds. The summed E-state index contributed by atoms with van der Waals surface area (Å²) in [6.07, 6.45) is 3.13. The molecule has 0 fully saturated rings. The highest BCUT2D eigenvalue weighted by Crippen LogP contribution is 2.18. The quantitative estimate of drug-likeness (QED) is 0.511. The molecular weight excluding hydrogens is 386 g/mol. The van der Waals surface area contributed by atoms with Crippen LogP contribution >= 0.6 is 11.3 Å². The molecule has 29 heavy (non-hydrogen) atoms. The number of aromatic nitrogens is 3. The number of thiophene rings is 1. The summed E-state index contributed by atoms with van der Waals surface area (Å²) in [5.41, 5.74) is 2.78. The van der Waals surface area contributed by atoms with E-state index in [4.69, 9.17) is 0 Å². The van der Waals surface area contributed by atoms with Crippen LogP contribution < -0.4 is 10.6 Å². The molecule has 0 saturated carbocycles. The molecule has 0 bridgehead atoms. The Labute approximate surface area is 171 Å². The first-order chi connectivity index (χ1) is 14.2. The first kappa shape index (κ1) is 18.6. The number of carbonyl (C=O) groups is 2. The van der Waals surface area contributed by atoms with Gasteiger partial charge in [0.2, 0.25) is 0 Å². The van der Waals surface area contributed by atoms with E-state index < -0.39 is 0 Å². The van der Waals surface area contributed by atoms with Crippen molar-refractivity contribution in [3.63, 3.8) is 0 Å². The maximum absolute atomic E-state index is 12.5. The Hall–Kier alpha value is -3.78. The minimum absolute atomic E-state index is 0.175. The number of benzene rings is 2. The van der Waals surface area contributed by atoms with Crippen molar-refractivity contribution < 1.29 is 9.59 Å². The Kier molecular flexibility index (Phi) is 5.44. The van der Waals surface area contributed by atoms with E-state index in [9.17, 15) is 9.59 Å². The second-order valence-corrected chi connectivity index (χ2v) is 7.20. The van der Waals surface area contributed by atoms with Crippen LogP contribution in [-0.2, 0) is 6.54 Å². The average molecular weight is 403 g/mol. The minimum atomic E-state index is -0.223. The predicted molar refractivity (Wildman–Crippen MR) is 112 cm³/mol. The normalized spacial score (nSPS) is 10.5. The highest BCUT2D eigenvalue weighted by molar-refractivity contribution is 7.12. The maximum Gasteiger partial charge on any atom is 0.265 e. The maximum atomic E-state index is 12.5. The summed E-state index contributed by atoms with van der Waals surface area (Å²) in [6.45, 7) is 0.591. The molecule has 2 aromatic carbocycles. The average Bonchev–Trinajstić information content (AvgIpc) is 3.43. The van der Waals surface area contributed by atoms with Crippen LogP contribution in [0.1, 0.15) is 25.6 Å². The van der Waals surface area contributed by atoms with E-state index in [-0.39, 0.29) is 11.8 Å². The third kappa shape index (κ3) is 4.74. The molecule has 2 N–H and O–H groups in total. The fourth-order valence-electron chi connectivity index (χ4n) is 2.74. The van der Waals surface area contributed by atoms with E-state index in [1.807, 2.05) is 23.6 Å². The lowest BCUT2D eigenvalue weighted by Crippen LogP contribution is -2.13. The van der Waals surface area contributed by atoms with Crippen LogP contribution in [0.15, 0.2) is 78.7 Å². The monoisotopic (exact) mass is 403 g/mol. The summed E-state index contributed by atoms with van der Waals surface area (Å²) in [6, 6.07) is 17.9. The van der Waals surface area contributed by atoms with E-state index in [0.29, 0.717) is 28.4 Å². The molecular formula is C21H17N5O2S. The third-order valence-electron chi connectivity index (χ3n) is 4.15. The number of hydrogen-bond donors (Lipinski definition) is 2. The highest BCUT2D eigenvalue weighted by atomic mass is 32.1. The van der Waals surface area contributed by atoms with Gasteiger partial charge in [0.05, 0.1) is 11.4 Å². The van der Waals surface area contributed by atoms with Gasteiger partial charge < -0.3 is 10.6 Å². The van der Waals surface area contributed by atoms with Gasteiger partial charge in [0.1, 0.15) is 12.7 Å². The van der Waals surface area contributed by atoms with E-state index >= 15 is 0 Å². The number of nitrogens with zero attached hydrogens (tertiary/aromatic N) is 3. The number of amides is 2. The molecule has 144 valence electrons. The lowest BCUT2D eigenvalue weighted by molar-refractivity contribution is 0.102. The van der Waals surface area contributed by atoms with Gasteiger partial charge in [0.25, 0.3) is 11.8 Å². The highest BCUT2D eigenvalue weighted by Gasteiger charge is 2.09. The van der Waals surface area contributed by atoms with Crippen molar-refractivity contribution in [3.05, 3.63) is 94.7 Å². The Bertz CT molecular complexity index is 1110. The smallest absolute Gasteiger partial charge is 0.265 e. The largest absolute Gasteiger partial charge is 0.322 e. The van der Waals surface area contributed by atoms with Crippen molar-refractivity contribution in [1.82, 2.24) is 14.8 Å². The van der Waals surface area contributed by atoms with Crippen molar-refractivity contribution in [1.29, 1.82) is 0 Å². The summed E-state index contributed by atoms with van der Waals surface area (Å²) < 4.78 is 1.71.